The molecule has 0 spiro atoms. The molecule has 9 heteroatoms. The first-order valence-electron chi connectivity index (χ1n) is 14.3. The Kier molecular flexibility index (Phi) is 9.26. The number of fused-ring (bicyclic) bond motifs is 1. The highest BCUT2D eigenvalue weighted by Crippen LogP contribution is 2.36. The molecule has 0 aliphatic carbocycles. The topological polar surface area (TPSA) is 129 Å². The Balaban J connectivity index is 0.000000426. The van der Waals surface area contributed by atoms with Crippen molar-refractivity contribution in [3.05, 3.63) is 103 Å². The monoisotopic (exact) mass is 592 g/mol. The van der Waals surface area contributed by atoms with E-state index < -0.39 is 0 Å². The van der Waals surface area contributed by atoms with Gasteiger partial charge in [-0.05, 0) is 74.7 Å². The zero-order chi connectivity index (χ0) is 31.1. The van der Waals surface area contributed by atoms with Crippen molar-refractivity contribution < 1.29 is 23.1 Å². The Bertz CT molecular complexity index is 1790. The van der Waals surface area contributed by atoms with E-state index in [4.69, 9.17) is 29.0 Å². The number of hydrogen-bond acceptors (Lipinski definition) is 8. The van der Waals surface area contributed by atoms with Gasteiger partial charge in [-0.1, -0.05) is 36.4 Å². The number of pyridine rings is 1. The van der Waals surface area contributed by atoms with Crippen molar-refractivity contribution in [2.24, 2.45) is 5.73 Å². The largest absolute Gasteiger partial charge is 0.490 e. The second-order valence-corrected chi connectivity index (χ2v) is 11.4. The Morgan fingerprint density at radius 3 is 2.45 bits per heavy atom. The number of nitrogens with two attached hydrogens (primary N) is 1. The molecule has 0 amide bonds. The Labute approximate surface area is 256 Å². The molecule has 0 radical (unpaired) electrons. The number of nitrogens with zero attached hydrogens (tertiary/aromatic N) is 2. The summed E-state index contributed by atoms with van der Waals surface area (Å²) in [5.41, 5.74) is 12.5. The summed E-state index contributed by atoms with van der Waals surface area (Å²) in [6.07, 6.45) is 7.44. The quantitative estimate of drug-likeness (QED) is 0.174. The van der Waals surface area contributed by atoms with E-state index in [0.717, 1.165) is 45.4 Å². The van der Waals surface area contributed by atoms with Gasteiger partial charge in [0.1, 0.15) is 23.7 Å². The van der Waals surface area contributed by atoms with Gasteiger partial charge >= 0.3 is 5.97 Å². The molecule has 0 aliphatic rings. The third kappa shape index (κ3) is 7.81. The lowest BCUT2D eigenvalue weighted by Crippen LogP contribution is -2.30. The molecule has 2 aromatic carbocycles. The van der Waals surface area contributed by atoms with Crippen LogP contribution in [0.2, 0.25) is 0 Å². The number of benzene rings is 2. The minimum absolute atomic E-state index is 0.137. The van der Waals surface area contributed by atoms with E-state index in [1.54, 1.807) is 25.0 Å². The molecule has 0 saturated carbocycles. The number of carbonyl (C=O) groups is 1. The van der Waals surface area contributed by atoms with Crippen LogP contribution in [0.25, 0.3) is 44.7 Å². The third-order valence-electron chi connectivity index (χ3n) is 6.54. The lowest BCUT2D eigenvalue weighted by molar-refractivity contribution is -0.151. The number of H-pyrrole nitrogens is 1. The minimum atomic E-state index is -0.328. The number of nitrogens with one attached hydrogen (secondary N) is 1. The number of ether oxygens (including phenoxy) is 2. The van der Waals surface area contributed by atoms with Crippen LogP contribution in [0.3, 0.4) is 0 Å². The zero-order valence-corrected chi connectivity index (χ0v) is 25.2. The van der Waals surface area contributed by atoms with Gasteiger partial charge < -0.3 is 24.0 Å². The van der Waals surface area contributed by atoms with Gasteiger partial charge in [0, 0.05) is 29.5 Å². The molecule has 4 aromatic heterocycles. The van der Waals surface area contributed by atoms with Crippen LogP contribution < -0.4 is 10.5 Å². The van der Waals surface area contributed by atoms with Crippen molar-refractivity contribution in [1.29, 1.82) is 0 Å². The maximum Gasteiger partial charge on any atom is 0.303 e. The zero-order valence-electron chi connectivity index (χ0n) is 25.2. The van der Waals surface area contributed by atoms with Gasteiger partial charge in [-0.3, -0.25) is 14.9 Å². The molecule has 1 atom stereocenters. The number of esters is 1. The van der Waals surface area contributed by atoms with Crippen LogP contribution in [0.4, 0.5) is 0 Å². The van der Waals surface area contributed by atoms with E-state index in [0.29, 0.717) is 18.1 Å². The first-order chi connectivity index (χ1) is 21.2. The van der Waals surface area contributed by atoms with Gasteiger partial charge in [-0.15, -0.1) is 0 Å². The molecule has 4 heterocycles. The summed E-state index contributed by atoms with van der Waals surface area (Å²) < 4.78 is 21.8. The van der Waals surface area contributed by atoms with Gasteiger partial charge in [-0.25, -0.2) is 0 Å². The molecule has 0 fully saturated rings. The number of furan rings is 2. The Morgan fingerprint density at radius 1 is 0.977 bits per heavy atom. The summed E-state index contributed by atoms with van der Waals surface area (Å²) in [4.78, 5) is 15.0. The first kappa shape index (κ1) is 30.3. The average molecular weight is 593 g/mol. The average Bonchev–Trinajstić information content (AvgIpc) is 3.77. The highest BCUT2D eigenvalue weighted by molar-refractivity contribution is 5.96. The van der Waals surface area contributed by atoms with Gasteiger partial charge in [0.25, 0.3) is 0 Å². The molecular weight excluding hydrogens is 556 g/mol. The van der Waals surface area contributed by atoms with E-state index in [2.05, 4.69) is 28.4 Å². The van der Waals surface area contributed by atoms with Crippen molar-refractivity contribution in [2.45, 2.75) is 45.8 Å². The normalized spacial score (nSPS) is 11.9. The summed E-state index contributed by atoms with van der Waals surface area (Å²) in [6, 6.07) is 23.8. The van der Waals surface area contributed by atoms with Crippen LogP contribution in [0.1, 0.15) is 33.3 Å². The lowest BCUT2D eigenvalue weighted by atomic mass is 9.98. The third-order valence-corrected chi connectivity index (χ3v) is 6.54. The van der Waals surface area contributed by atoms with Gasteiger partial charge in [0.15, 0.2) is 5.76 Å². The smallest absolute Gasteiger partial charge is 0.303 e. The lowest BCUT2D eigenvalue weighted by Gasteiger charge is -2.17. The maximum absolute atomic E-state index is 10.2. The summed E-state index contributed by atoms with van der Waals surface area (Å²) in [6.45, 7) is 7.31. The molecule has 6 rings (SSSR count). The van der Waals surface area contributed by atoms with E-state index in [9.17, 15) is 4.79 Å². The number of rotatable bonds is 8. The van der Waals surface area contributed by atoms with Crippen LogP contribution in [-0.2, 0) is 16.0 Å². The molecule has 3 N–H and O–H groups in total. The number of aromatic nitrogens is 3. The first-order valence-corrected chi connectivity index (χ1v) is 14.3. The van der Waals surface area contributed by atoms with Crippen LogP contribution in [0.15, 0.2) is 107 Å². The second kappa shape index (κ2) is 13.4. The van der Waals surface area contributed by atoms with Crippen LogP contribution >= 0.6 is 0 Å². The molecule has 0 aliphatic heterocycles. The van der Waals surface area contributed by atoms with E-state index >= 15 is 0 Å². The predicted octanol–water partition coefficient (Wildman–Crippen LogP) is 7.44. The fraction of sp³-hybridized carbons (Fsp3) is 0.229. The summed E-state index contributed by atoms with van der Waals surface area (Å²) in [7, 11) is 0. The fourth-order valence-corrected chi connectivity index (χ4v) is 4.77. The molecule has 0 bridgehead atoms. The molecule has 44 heavy (non-hydrogen) atoms. The van der Waals surface area contributed by atoms with Crippen molar-refractivity contribution in [3.8, 4) is 39.6 Å². The SMILES string of the molecule is CC(=O)OC(C)(C)C.N[C@@H](COc1cnc(-c2ccoc2)c(-c2ccc3[nH]nc(-c4ccco4)c3c2)c1)Cc1ccccc1. The standard InChI is InChI=1S/C29H24N4O3.C6H12O2/c30-22(13-19-5-2-1-3-6-19)18-36-23-15-24(28(31-16-23)21-10-12-34-17-21)20-8-9-26-25(14-20)29(33-32-26)27-7-4-11-35-27;1-5(7)8-6(2,3)4/h1-12,14-17,22H,13,18,30H2,(H,32,33);1-4H3/t22-;/m1./s1. The molecule has 6 aromatic rings. The van der Waals surface area contributed by atoms with Gasteiger partial charge in [-0.2, -0.15) is 5.10 Å². The van der Waals surface area contributed by atoms with Crippen molar-refractivity contribution >= 4 is 16.9 Å². The summed E-state index contributed by atoms with van der Waals surface area (Å²) in [5, 5.41) is 8.50. The molecule has 0 saturated heterocycles. The Hall–Kier alpha value is -5.15. The summed E-state index contributed by atoms with van der Waals surface area (Å²) in [5.74, 6) is 1.13. The molecular formula is C35H36N4O5. The van der Waals surface area contributed by atoms with Crippen molar-refractivity contribution in [2.75, 3.05) is 6.61 Å². The van der Waals surface area contributed by atoms with E-state index in [1.807, 2.05) is 75.4 Å². The highest BCUT2D eigenvalue weighted by Gasteiger charge is 2.17. The van der Waals surface area contributed by atoms with E-state index in [1.165, 1.54) is 12.5 Å². The van der Waals surface area contributed by atoms with Crippen molar-refractivity contribution in [1.82, 2.24) is 15.2 Å². The predicted molar refractivity (Wildman–Crippen MR) is 170 cm³/mol. The highest BCUT2D eigenvalue weighted by atomic mass is 16.6. The maximum atomic E-state index is 10.2. The number of hydrogen-bond donors (Lipinski definition) is 2. The molecule has 9 nitrogen and oxygen atoms in total. The molecule has 0 unspecified atom stereocenters. The van der Waals surface area contributed by atoms with Crippen LogP contribution in [0.5, 0.6) is 5.75 Å². The minimum Gasteiger partial charge on any atom is -0.490 e. The second-order valence-electron chi connectivity index (χ2n) is 11.4. The summed E-state index contributed by atoms with van der Waals surface area (Å²) >= 11 is 0. The van der Waals surface area contributed by atoms with Crippen LogP contribution in [0, 0.1) is 0 Å². The van der Waals surface area contributed by atoms with E-state index in [-0.39, 0.29) is 17.6 Å². The van der Waals surface area contributed by atoms with Gasteiger partial charge in [0.05, 0.1) is 36.2 Å². The molecule has 226 valence electrons. The van der Waals surface area contributed by atoms with Crippen LogP contribution in [-0.4, -0.2) is 39.4 Å². The Morgan fingerprint density at radius 2 is 1.80 bits per heavy atom. The number of aromatic amines is 1. The van der Waals surface area contributed by atoms with Crippen molar-refractivity contribution in [3.63, 3.8) is 0 Å². The fourth-order valence-electron chi connectivity index (χ4n) is 4.77. The number of carbonyl (C=O) groups excluding carboxylic acids is 1. The van der Waals surface area contributed by atoms with Gasteiger partial charge in [0.2, 0.25) is 0 Å².